The van der Waals surface area contributed by atoms with Crippen molar-refractivity contribution < 1.29 is 28.6 Å². The van der Waals surface area contributed by atoms with Crippen LogP contribution >= 0.6 is 0 Å². The molecule has 3 rings (SSSR count). The lowest BCUT2D eigenvalue weighted by Gasteiger charge is -2.30. The van der Waals surface area contributed by atoms with Gasteiger partial charge in [0.1, 0.15) is 11.7 Å². The molecule has 8 heteroatoms. The van der Waals surface area contributed by atoms with E-state index in [0.717, 1.165) is 16.7 Å². The van der Waals surface area contributed by atoms with E-state index in [1.165, 1.54) is 7.11 Å². The van der Waals surface area contributed by atoms with Crippen molar-refractivity contribution in [3.63, 3.8) is 0 Å². The van der Waals surface area contributed by atoms with Gasteiger partial charge in [0.25, 0.3) is 0 Å². The summed E-state index contributed by atoms with van der Waals surface area (Å²) in [7, 11) is 1.37. The van der Waals surface area contributed by atoms with Crippen molar-refractivity contribution in [2.24, 2.45) is 0 Å². The molecular weight excluding hydrogens is 484 g/mol. The van der Waals surface area contributed by atoms with Gasteiger partial charge in [-0.25, -0.2) is 9.59 Å². The lowest BCUT2D eigenvalue weighted by molar-refractivity contribution is -0.140. The maximum Gasteiger partial charge on any atom is 0.411 e. The summed E-state index contributed by atoms with van der Waals surface area (Å²) in [5.41, 5.74) is 2.82. The van der Waals surface area contributed by atoms with Gasteiger partial charge in [0, 0.05) is 18.0 Å². The molecular formula is C30H38N2O6. The zero-order chi connectivity index (χ0) is 27.5. The molecule has 0 radical (unpaired) electrons. The molecule has 0 saturated heterocycles. The molecule has 0 aromatic heterocycles. The van der Waals surface area contributed by atoms with Crippen molar-refractivity contribution in [3.05, 3.63) is 60.2 Å². The predicted octanol–water partition coefficient (Wildman–Crippen LogP) is 6.70. The summed E-state index contributed by atoms with van der Waals surface area (Å²) in [6.07, 6.45) is 6.23. The number of benzene rings is 2. The van der Waals surface area contributed by atoms with Crippen LogP contribution in [0.3, 0.4) is 0 Å². The van der Waals surface area contributed by atoms with Crippen LogP contribution in [-0.2, 0) is 19.0 Å². The lowest BCUT2D eigenvalue weighted by Crippen LogP contribution is -2.42. The summed E-state index contributed by atoms with van der Waals surface area (Å²) in [6.45, 7) is 5.49. The average molecular weight is 523 g/mol. The molecule has 0 heterocycles. The zero-order valence-corrected chi connectivity index (χ0v) is 22.6. The van der Waals surface area contributed by atoms with Crippen LogP contribution in [0.25, 0.3) is 17.2 Å². The number of esters is 1. The van der Waals surface area contributed by atoms with Gasteiger partial charge in [-0.2, -0.15) is 0 Å². The number of methoxy groups -OCH3 is 1. The van der Waals surface area contributed by atoms with Gasteiger partial charge in [-0.15, -0.1) is 0 Å². The molecule has 1 saturated carbocycles. The van der Waals surface area contributed by atoms with E-state index in [1.807, 2.05) is 81.5 Å². The van der Waals surface area contributed by atoms with Crippen molar-refractivity contribution >= 4 is 29.9 Å². The standard InChI is InChI=1S/C30H38N2O6/c1-30(2,3)38-29(35)31-23-15-17-24(18-16-23)37-28(34)32-26-20-21(10-8-9-13-27(33)36-4)14-19-25(26)22-11-6-5-7-12-22/h5-8,10-12,14,19-20,23-24H,9,13,15-18H2,1-4H3,(H,31,35)(H,32,34)/b10-8+. The van der Waals surface area contributed by atoms with Crippen molar-refractivity contribution in [2.75, 3.05) is 12.4 Å². The first kappa shape index (κ1) is 28.8. The summed E-state index contributed by atoms with van der Waals surface area (Å²) in [5.74, 6) is -0.256. The van der Waals surface area contributed by atoms with Gasteiger partial charge in [0.15, 0.2) is 0 Å². The molecule has 1 fully saturated rings. The molecule has 0 atom stereocenters. The van der Waals surface area contributed by atoms with E-state index in [9.17, 15) is 14.4 Å². The molecule has 0 aliphatic heterocycles. The van der Waals surface area contributed by atoms with Gasteiger partial charge < -0.3 is 19.5 Å². The second kappa shape index (κ2) is 13.7. The van der Waals surface area contributed by atoms with Gasteiger partial charge in [-0.1, -0.05) is 54.6 Å². The second-order valence-corrected chi connectivity index (χ2v) is 10.3. The van der Waals surface area contributed by atoms with Crippen LogP contribution in [0, 0.1) is 0 Å². The van der Waals surface area contributed by atoms with Gasteiger partial charge in [-0.05, 0) is 70.1 Å². The number of anilines is 1. The van der Waals surface area contributed by atoms with Crippen LogP contribution in [0.5, 0.6) is 0 Å². The summed E-state index contributed by atoms with van der Waals surface area (Å²) >= 11 is 0. The quantitative estimate of drug-likeness (QED) is 0.295. The monoisotopic (exact) mass is 522 g/mol. The van der Waals surface area contributed by atoms with Gasteiger partial charge >= 0.3 is 18.2 Å². The van der Waals surface area contributed by atoms with Crippen molar-refractivity contribution in [3.8, 4) is 11.1 Å². The number of carbonyl (C=O) groups is 3. The van der Waals surface area contributed by atoms with E-state index >= 15 is 0 Å². The minimum atomic E-state index is -0.544. The highest BCUT2D eigenvalue weighted by atomic mass is 16.6. The first-order chi connectivity index (χ1) is 18.1. The fourth-order valence-corrected chi connectivity index (χ4v) is 4.25. The van der Waals surface area contributed by atoms with Crippen LogP contribution in [0.2, 0.25) is 0 Å². The largest absolute Gasteiger partial charge is 0.469 e. The molecule has 2 amide bonds. The van der Waals surface area contributed by atoms with E-state index in [0.29, 0.717) is 44.2 Å². The van der Waals surface area contributed by atoms with Crippen molar-refractivity contribution in [1.29, 1.82) is 0 Å². The molecule has 1 aliphatic rings. The van der Waals surface area contributed by atoms with Crippen molar-refractivity contribution in [1.82, 2.24) is 5.32 Å². The maximum absolute atomic E-state index is 12.9. The molecule has 0 bridgehead atoms. The van der Waals surface area contributed by atoms with E-state index < -0.39 is 17.8 Å². The Morgan fingerprint density at radius 2 is 1.68 bits per heavy atom. The number of hydrogen-bond donors (Lipinski definition) is 2. The van der Waals surface area contributed by atoms with Crippen LogP contribution in [0.1, 0.15) is 64.9 Å². The molecule has 38 heavy (non-hydrogen) atoms. The number of hydrogen-bond acceptors (Lipinski definition) is 6. The summed E-state index contributed by atoms with van der Waals surface area (Å²) in [6, 6.07) is 15.6. The number of allylic oxidation sites excluding steroid dienone is 1. The minimum absolute atomic E-state index is 0.0000886. The number of nitrogens with one attached hydrogen (secondary N) is 2. The summed E-state index contributed by atoms with van der Waals surface area (Å²) in [4.78, 5) is 36.2. The highest BCUT2D eigenvalue weighted by Gasteiger charge is 2.27. The third-order valence-electron chi connectivity index (χ3n) is 6.09. The predicted molar refractivity (Wildman–Crippen MR) is 148 cm³/mol. The van der Waals surface area contributed by atoms with Gasteiger partial charge in [0.2, 0.25) is 0 Å². The van der Waals surface area contributed by atoms with E-state index in [2.05, 4.69) is 15.4 Å². The van der Waals surface area contributed by atoms with Crippen LogP contribution < -0.4 is 10.6 Å². The molecule has 0 spiro atoms. The molecule has 8 nitrogen and oxygen atoms in total. The Kier molecular flexibility index (Phi) is 10.3. The highest BCUT2D eigenvalue weighted by molar-refractivity contribution is 5.92. The third-order valence-corrected chi connectivity index (χ3v) is 6.09. The average Bonchev–Trinajstić information content (AvgIpc) is 2.87. The number of carbonyl (C=O) groups excluding carboxylic acids is 3. The van der Waals surface area contributed by atoms with Crippen LogP contribution in [0.15, 0.2) is 54.6 Å². The molecule has 2 aromatic carbocycles. The Morgan fingerprint density at radius 3 is 2.34 bits per heavy atom. The number of ether oxygens (including phenoxy) is 3. The fraction of sp³-hybridized carbons (Fsp3) is 0.433. The topological polar surface area (TPSA) is 103 Å². The SMILES string of the molecule is COC(=O)CC/C=C/c1ccc(-c2ccccc2)c(NC(=O)OC2CCC(NC(=O)OC(C)(C)C)CC2)c1. The first-order valence-electron chi connectivity index (χ1n) is 13.0. The Labute approximate surface area is 224 Å². The number of alkyl carbamates (subject to hydrolysis) is 1. The van der Waals surface area contributed by atoms with Crippen molar-refractivity contribution in [2.45, 2.75) is 77.0 Å². The molecule has 2 aromatic rings. The molecule has 2 N–H and O–H groups in total. The van der Waals surface area contributed by atoms with Gasteiger partial charge in [0.05, 0.1) is 12.8 Å². The summed E-state index contributed by atoms with van der Waals surface area (Å²) < 4.78 is 15.7. The van der Waals surface area contributed by atoms with E-state index in [1.54, 1.807) is 0 Å². The minimum Gasteiger partial charge on any atom is -0.469 e. The maximum atomic E-state index is 12.9. The van der Waals surface area contributed by atoms with E-state index in [-0.39, 0.29) is 18.1 Å². The molecule has 204 valence electrons. The Bertz CT molecular complexity index is 1120. The smallest absolute Gasteiger partial charge is 0.411 e. The van der Waals surface area contributed by atoms with Crippen LogP contribution in [-0.4, -0.2) is 43.0 Å². The lowest BCUT2D eigenvalue weighted by atomic mass is 9.93. The third kappa shape index (κ3) is 9.57. The second-order valence-electron chi connectivity index (χ2n) is 10.3. The molecule has 1 aliphatic carbocycles. The normalized spacial score (nSPS) is 17.5. The number of rotatable bonds is 8. The zero-order valence-electron chi connectivity index (χ0n) is 22.6. The van der Waals surface area contributed by atoms with E-state index in [4.69, 9.17) is 9.47 Å². The van der Waals surface area contributed by atoms with Crippen LogP contribution in [0.4, 0.5) is 15.3 Å². The Balaban J connectivity index is 1.60. The fourth-order valence-electron chi connectivity index (χ4n) is 4.25. The highest BCUT2D eigenvalue weighted by Crippen LogP contribution is 2.30. The van der Waals surface area contributed by atoms with Gasteiger partial charge in [-0.3, -0.25) is 10.1 Å². The Morgan fingerprint density at radius 1 is 0.974 bits per heavy atom. The first-order valence-corrected chi connectivity index (χ1v) is 13.0. The number of amides is 2. The summed E-state index contributed by atoms with van der Waals surface area (Å²) in [5, 5.41) is 5.83. The molecule has 0 unspecified atom stereocenters. The Hall–Kier alpha value is -3.81.